The van der Waals surface area contributed by atoms with Gasteiger partial charge in [0, 0.05) is 6.42 Å². The minimum Gasteiger partial charge on any atom is -0.504 e. The van der Waals surface area contributed by atoms with Crippen molar-refractivity contribution in [2.45, 2.75) is 20.0 Å². The molecule has 1 aromatic rings. The molecular weight excluding hydrogens is 206 g/mol. The molecule has 0 spiro atoms. The number of hydrogen-bond acceptors (Lipinski definition) is 3. The number of ketones is 1. The number of benzene rings is 1. The molecule has 0 radical (unpaired) electrons. The summed E-state index contributed by atoms with van der Waals surface area (Å²) in [6.07, 6.45) is 0.125. The molecule has 15 heavy (non-hydrogen) atoms. The Balaban J connectivity index is 2.89. The van der Waals surface area contributed by atoms with Gasteiger partial charge in [-0.3, -0.25) is 4.79 Å². The summed E-state index contributed by atoms with van der Waals surface area (Å²) >= 11 is 0. The largest absolute Gasteiger partial charge is 0.504 e. The molecular formula is C10H10F2O3. The summed E-state index contributed by atoms with van der Waals surface area (Å²) in [6, 6.07) is 3.92. The Morgan fingerprint density at radius 1 is 1.53 bits per heavy atom. The molecule has 0 heterocycles. The standard InChI is InChI=1S/C10H10F2O3/c1-6(13)4-7-2-3-8(14)9(5-7)15-10(11)12/h2-3,5,10,14H,4H2,1H3. The molecule has 0 aliphatic rings. The van der Waals surface area contributed by atoms with Crippen molar-refractivity contribution < 1.29 is 23.4 Å². The molecule has 0 atom stereocenters. The Bertz CT molecular complexity index is 364. The Labute approximate surface area is 85.3 Å². The molecule has 0 aliphatic heterocycles. The van der Waals surface area contributed by atoms with Crippen LogP contribution in [0.2, 0.25) is 0 Å². The number of phenols is 1. The number of hydrogen-bond donors (Lipinski definition) is 1. The zero-order valence-electron chi connectivity index (χ0n) is 8.04. The first-order valence-electron chi connectivity index (χ1n) is 4.25. The summed E-state index contributed by atoms with van der Waals surface area (Å²) in [5, 5.41) is 9.17. The molecule has 0 saturated carbocycles. The predicted molar refractivity (Wildman–Crippen MR) is 49.1 cm³/mol. The van der Waals surface area contributed by atoms with Crippen LogP contribution in [0.5, 0.6) is 11.5 Å². The van der Waals surface area contributed by atoms with Crippen molar-refractivity contribution in [3.05, 3.63) is 23.8 Å². The van der Waals surface area contributed by atoms with Gasteiger partial charge in [-0.25, -0.2) is 0 Å². The number of halogens is 2. The van der Waals surface area contributed by atoms with Gasteiger partial charge in [0.2, 0.25) is 0 Å². The Morgan fingerprint density at radius 3 is 2.73 bits per heavy atom. The van der Waals surface area contributed by atoms with Gasteiger partial charge in [0.1, 0.15) is 5.78 Å². The highest BCUT2D eigenvalue weighted by Crippen LogP contribution is 2.28. The molecule has 82 valence electrons. The van der Waals surface area contributed by atoms with Crippen molar-refractivity contribution in [1.82, 2.24) is 0 Å². The number of phenolic OH excluding ortho intramolecular Hbond substituents is 1. The highest BCUT2D eigenvalue weighted by Gasteiger charge is 2.10. The lowest BCUT2D eigenvalue weighted by atomic mass is 10.1. The summed E-state index contributed by atoms with van der Waals surface area (Å²) in [4.78, 5) is 10.8. The van der Waals surface area contributed by atoms with Crippen LogP contribution < -0.4 is 4.74 Å². The number of Topliss-reactive ketones (excluding diaryl/α,β-unsaturated/α-hetero) is 1. The minimum absolute atomic E-state index is 0.0938. The maximum atomic E-state index is 11.9. The molecule has 0 saturated heterocycles. The Kier molecular flexibility index (Phi) is 3.60. The fourth-order valence-corrected chi connectivity index (χ4v) is 1.15. The monoisotopic (exact) mass is 216 g/mol. The van der Waals surface area contributed by atoms with E-state index in [4.69, 9.17) is 0 Å². The van der Waals surface area contributed by atoms with Gasteiger partial charge in [-0.1, -0.05) is 6.07 Å². The molecule has 1 N–H and O–H groups in total. The third kappa shape index (κ3) is 3.53. The zero-order chi connectivity index (χ0) is 11.4. The van der Waals surface area contributed by atoms with Gasteiger partial charge in [0.15, 0.2) is 11.5 Å². The normalized spacial score (nSPS) is 10.4. The van der Waals surface area contributed by atoms with Crippen molar-refractivity contribution >= 4 is 5.78 Å². The van der Waals surface area contributed by atoms with E-state index in [0.29, 0.717) is 5.56 Å². The first-order valence-corrected chi connectivity index (χ1v) is 4.25. The van der Waals surface area contributed by atoms with Crippen LogP contribution in [0, 0.1) is 0 Å². The van der Waals surface area contributed by atoms with Crippen LogP contribution in [0.25, 0.3) is 0 Å². The van der Waals surface area contributed by atoms with Gasteiger partial charge >= 0.3 is 6.61 Å². The summed E-state index contributed by atoms with van der Waals surface area (Å²) in [5.74, 6) is -0.782. The smallest absolute Gasteiger partial charge is 0.387 e. The summed E-state index contributed by atoms with van der Waals surface area (Å²) in [7, 11) is 0. The maximum Gasteiger partial charge on any atom is 0.387 e. The topological polar surface area (TPSA) is 46.5 Å². The molecule has 0 aliphatic carbocycles. The second-order valence-electron chi connectivity index (χ2n) is 3.06. The van der Waals surface area contributed by atoms with E-state index in [9.17, 15) is 18.7 Å². The molecule has 0 unspecified atom stereocenters. The van der Waals surface area contributed by atoms with Gasteiger partial charge in [0.05, 0.1) is 0 Å². The lowest BCUT2D eigenvalue weighted by Gasteiger charge is -2.07. The summed E-state index contributed by atoms with van der Waals surface area (Å²) < 4.78 is 27.9. The van der Waals surface area contributed by atoms with Crippen LogP contribution >= 0.6 is 0 Å². The third-order valence-electron chi connectivity index (χ3n) is 1.69. The highest BCUT2D eigenvalue weighted by atomic mass is 19.3. The Hall–Kier alpha value is -1.65. The van der Waals surface area contributed by atoms with E-state index in [2.05, 4.69) is 4.74 Å². The average molecular weight is 216 g/mol. The first kappa shape index (κ1) is 11.4. The van der Waals surface area contributed by atoms with E-state index >= 15 is 0 Å². The van der Waals surface area contributed by atoms with Crippen molar-refractivity contribution in [2.75, 3.05) is 0 Å². The van der Waals surface area contributed by atoms with Crippen LogP contribution in [0.1, 0.15) is 12.5 Å². The van der Waals surface area contributed by atoms with Crippen LogP contribution in [-0.2, 0) is 11.2 Å². The number of carbonyl (C=O) groups excluding carboxylic acids is 1. The van der Waals surface area contributed by atoms with Crippen molar-refractivity contribution in [2.24, 2.45) is 0 Å². The number of ether oxygens (including phenoxy) is 1. The first-order chi connectivity index (χ1) is 6.99. The van der Waals surface area contributed by atoms with Crippen LogP contribution in [0.15, 0.2) is 18.2 Å². The van der Waals surface area contributed by atoms with Crippen LogP contribution in [0.3, 0.4) is 0 Å². The van der Waals surface area contributed by atoms with Gasteiger partial charge < -0.3 is 9.84 Å². The number of alkyl halides is 2. The predicted octanol–water partition coefficient (Wildman–Crippen LogP) is 2.13. The van der Waals surface area contributed by atoms with E-state index in [0.717, 1.165) is 0 Å². The molecule has 0 aromatic heterocycles. The second-order valence-corrected chi connectivity index (χ2v) is 3.06. The fraction of sp³-hybridized carbons (Fsp3) is 0.300. The molecule has 0 bridgehead atoms. The lowest BCUT2D eigenvalue weighted by molar-refractivity contribution is -0.116. The molecule has 0 amide bonds. The second kappa shape index (κ2) is 4.72. The average Bonchev–Trinajstić information content (AvgIpc) is 2.09. The van der Waals surface area contributed by atoms with E-state index in [-0.39, 0.29) is 23.7 Å². The number of aromatic hydroxyl groups is 1. The quantitative estimate of drug-likeness (QED) is 0.838. The summed E-state index contributed by atoms with van der Waals surface area (Å²) in [6.45, 7) is -1.61. The van der Waals surface area contributed by atoms with Gasteiger partial charge in [-0.15, -0.1) is 0 Å². The van der Waals surface area contributed by atoms with Crippen molar-refractivity contribution in [3.8, 4) is 11.5 Å². The minimum atomic E-state index is -3.00. The Morgan fingerprint density at radius 2 is 2.20 bits per heavy atom. The maximum absolute atomic E-state index is 11.9. The molecule has 5 heteroatoms. The zero-order valence-corrected chi connectivity index (χ0v) is 8.04. The molecule has 0 fully saturated rings. The van der Waals surface area contributed by atoms with Gasteiger partial charge in [-0.05, 0) is 24.6 Å². The summed E-state index contributed by atoms with van der Waals surface area (Å²) in [5.41, 5.74) is 0.524. The van der Waals surface area contributed by atoms with Crippen molar-refractivity contribution in [1.29, 1.82) is 0 Å². The third-order valence-corrected chi connectivity index (χ3v) is 1.69. The lowest BCUT2D eigenvalue weighted by Crippen LogP contribution is -2.03. The molecule has 1 rings (SSSR count). The van der Waals surface area contributed by atoms with E-state index < -0.39 is 6.61 Å². The van der Waals surface area contributed by atoms with E-state index in [1.54, 1.807) is 0 Å². The van der Waals surface area contributed by atoms with E-state index in [1.807, 2.05) is 0 Å². The SMILES string of the molecule is CC(=O)Cc1ccc(O)c(OC(F)F)c1. The fourth-order valence-electron chi connectivity index (χ4n) is 1.15. The van der Waals surface area contributed by atoms with Gasteiger partial charge in [0.25, 0.3) is 0 Å². The van der Waals surface area contributed by atoms with Gasteiger partial charge in [-0.2, -0.15) is 8.78 Å². The highest BCUT2D eigenvalue weighted by molar-refractivity contribution is 5.78. The molecule has 3 nitrogen and oxygen atoms in total. The van der Waals surface area contributed by atoms with Crippen molar-refractivity contribution in [3.63, 3.8) is 0 Å². The van der Waals surface area contributed by atoms with Crippen LogP contribution in [-0.4, -0.2) is 17.5 Å². The molecule has 1 aromatic carbocycles. The van der Waals surface area contributed by atoms with Crippen LogP contribution in [0.4, 0.5) is 8.78 Å². The number of carbonyl (C=O) groups is 1. The number of rotatable bonds is 4. The van der Waals surface area contributed by atoms with E-state index in [1.165, 1.54) is 25.1 Å².